The van der Waals surface area contributed by atoms with Gasteiger partial charge in [0.05, 0.1) is 0 Å². The van der Waals surface area contributed by atoms with Crippen molar-refractivity contribution in [2.75, 3.05) is 32.8 Å². The summed E-state index contributed by atoms with van der Waals surface area (Å²) >= 11 is 0. The predicted octanol–water partition coefficient (Wildman–Crippen LogP) is 1.77. The monoisotopic (exact) mass is 223 g/mol. The lowest BCUT2D eigenvalue weighted by Crippen LogP contribution is -2.29. The van der Waals surface area contributed by atoms with Crippen molar-refractivity contribution in [3.8, 4) is 5.75 Å². The summed E-state index contributed by atoms with van der Waals surface area (Å²) in [6.45, 7) is 5.92. The number of para-hydroxylation sites is 1. The maximum Gasteiger partial charge on any atom is 0.119 e. The number of ether oxygens (including phenoxy) is 1. The van der Waals surface area contributed by atoms with Crippen LogP contribution in [0.15, 0.2) is 30.3 Å². The van der Waals surface area contributed by atoms with E-state index in [-0.39, 0.29) is 6.61 Å². The lowest BCUT2D eigenvalue weighted by Gasteiger charge is -2.19. The van der Waals surface area contributed by atoms with Gasteiger partial charge in [-0.15, -0.1) is 0 Å². The van der Waals surface area contributed by atoms with E-state index in [1.807, 2.05) is 30.3 Å². The molecule has 0 fully saturated rings. The van der Waals surface area contributed by atoms with Crippen LogP contribution in [0.3, 0.4) is 0 Å². The van der Waals surface area contributed by atoms with Gasteiger partial charge in [0.2, 0.25) is 0 Å². The molecule has 0 aliphatic rings. The van der Waals surface area contributed by atoms with Crippen molar-refractivity contribution >= 4 is 0 Å². The first-order valence-electron chi connectivity index (χ1n) is 5.88. The van der Waals surface area contributed by atoms with Crippen molar-refractivity contribution < 1.29 is 9.84 Å². The maximum atomic E-state index is 8.76. The minimum atomic E-state index is 0.260. The molecule has 0 heterocycles. The molecule has 90 valence electrons. The minimum absolute atomic E-state index is 0.260. The zero-order valence-electron chi connectivity index (χ0n) is 9.93. The summed E-state index contributed by atoms with van der Waals surface area (Å²) < 4.78 is 5.61. The minimum Gasteiger partial charge on any atom is -0.492 e. The van der Waals surface area contributed by atoms with Crippen molar-refractivity contribution in [2.45, 2.75) is 13.3 Å². The maximum absolute atomic E-state index is 8.76. The number of hydrogen-bond donors (Lipinski definition) is 1. The molecule has 0 bridgehead atoms. The molecule has 0 saturated carbocycles. The first-order valence-corrected chi connectivity index (χ1v) is 5.88. The highest BCUT2D eigenvalue weighted by atomic mass is 16.5. The molecule has 0 aromatic heterocycles. The Kier molecular flexibility index (Phi) is 6.61. The van der Waals surface area contributed by atoms with Crippen LogP contribution >= 0.6 is 0 Å². The van der Waals surface area contributed by atoms with Crippen molar-refractivity contribution in [1.29, 1.82) is 0 Å². The number of rotatable bonds is 8. The third kappa shape index (κ3) is 5.14. The van der Waals surface area contributed by atoms with E-state index in [0.29, 0.717) is 6.61 Å². The van der Waals surface area contributed by atoms with Crippen molar-refractivity contribution in [3.05, 3.63) is 30.3 Å². The van der Waals surface area contributed by atoms with Gasteiger partial charge in [0.15, 0.2) is 0 Å². The van der Waals surface area contributed by atoms with Gasteiger partial charge in [0, 0.05) is 19.7 Å². The Bertz CT molecular complexity index is 264. The summed E-state index contributed by atoms with van der Waals surface area (Å²) in [5, 5.41) is 8.76. The Morgan fingerprint density at radius 2 is 1.94 bits per heavy atom. The zero-order chi connectivity index (χ0) is 11.6. The van der Waals surface area contributed by atoms with Crippen molar-refractivity contribution in [3.63, 3.8) is 0 Å². The van der Waals surface area contributed by atoms with Crippen LogP contribution in [0, 0.1) is 0 Å². The summed E-state index contributed by atoms with van der Waals surface area (Å²) in [7, 11) is 0. The number of likely N-dealkylation sites (N-methyl/N-ethyl adjacent to an activating group) is 1. The second-order valence-corrected chi connectivity index (χ2v) is 3.67. The van der Waals surface area contributed by atoms with Gasteiger partial charge < -0.3 is 14.7 Å². The summed E-state index contributed by atoms with van der Waals surface area (Å²) in [5.74, 6) is 0.917. The van der Waals surface area contributed by atoms with Gasteiger partial charge in [-0.3, -0.25) is 0 Å². The number of nitrogens with zero attached hydrogens (tertiary/aromatic N) is 1. The molecule has 0 unspecified atom stereocenters. The van der Waals surface area contributed by atoms with E-state index in [1.165, 1.54) is 0 Å². The molecule has 3 heteroatoms. The molecular formula is C13H21NO2. The highest BCUT2D eigenvalue weighted by Crippen LogP contribution is 2.07. The average Bonchev–Trinajstić information content (AvgIpc) is 2.35. The van der Waals surface area contributed by atoms with Crippen LogP contribution in [-0.4, -0.2) is 42.9 Å². The van der Waals surface area contributed by atoms with Crippen LogP contribution in [0.4, 0.5) is 0 Å². The molecule has 0 amide bonds. The van der Waals surface area contributed by atoms with Gasteiger partial charge in [0.1, 0.15) is 12.4 Å². The van der Waals surface area contributed by atoms with Crippen LogP contribution < -0.4 is 4.74 Å². The molecule has 0 atom stereocenters. The largest absolute Gasteiger partial charge is 0.492 e. The normalized spacial score (nSPS) is 10.7. The van der Waals surface area contributed by atoms with E-state index in [2.05, 4.69) is 11.8 Å². The summed E-state index contributed by atoms with van der Waals surface area (Å²) in [5.41, 5.74) is 0. The standard InChI is InChI=1S/C13H21NO2/c1-2-14(9-6-11-15)10-12-16-13-7-4-3-5-8-13/h3-5,7-8,15H,2,6,9-12H2,1H3. The Hall–Kier alpha value is -1.06. The van der Waals surface area contributed by atoms with E-state index in [0.717, 1.165) is 31.8 Å². The van der Waals surface area contributed by atoms with Crippen molar-refractivity contribution in [2.24, 2.45) is 0 Å². The second kappa shape index (κ2) is 8.13. The highest BCUT2D eigenvalue weighted by Gasteiger charge is 2.01. The fourth-order valence-electron chi connectivity index (χ4n) is 1.53. The average molecular weight is 223 g/mol. The highest BCUT2D eigenvalue weighted by molar-refractivity contribution is 5.20. The lowest BCUT2D eigenvalue weighted by molar-refractivity contribution is 0.195. The Morgan fingerprint density at radius 1 is 1.19 bits per heavy atom. The zero-order valence-corrected chi connectivity index (χ0v) is 9.93. The topological polar surface area (TPSA) is 32.7 Å². The molecule has 1 N–H and O–H groups in total. The van der Waals surface area contributed by atoms with Crippen molar-refractivity contribution in [1.82, 2.24) is 4.90 Å². The molecule has 0 spiro atoms. The Morgan fingerprint density at radius 3 is 2.56 bits per heavy atom. The predicted molar refractivity (Wildman–Crippen MR) is 65.8 cm³/mol. The quantitative estimate of drug-likeness (QED) is 0.729. The van der Waals surface area contributed by atoms with Gasteiger partial charge in [-0.1, -0.05) is 25.1 Å². The molecule has 0 aliphatic carbocycles. The summed E-state index contributed by atoms with van der Waals surface area (Å²) in [6, 6.07) is 9.85. The van der Waals surface area contributed by atoms with Crippen LogP contribution in [-0.2, 0) is 0 Å². The van der Waals surface area contributed by atoms with Gasteiger partial charge in [-0.05, 0) is 25.1 Å². The number of aliphatic hydroxyl groups is 1. The third-order valence-corrected chi connectivity index (χ3v) is 2.50. The molecule has 1 aromatic carbocycles. The van der Waals surface area contributed by atoms with Crippen LogP contribution in [0.2, 0.25) is 0 Å². The molecule has 0 radical (unpaired) electrons. The first-order chi connectivity index (χ1) is 7.86. The van der Waals surface area contributed by atoms with Gasteiger partial charge in [-0.2, -0.15) is 0 Å². The summed E-state index contributed by atoms with van der Waals surface area (Å²) in [6.07, 6.45) is 0.833. The molecular weight excluding hydrogens is 202 g/mol. The molecule has 0 aliphatic heterocycles. The molecule has 0 saturated heterocycles. The lowest BCUT2D eigenvalue weighted by atomic mass is 10.3. The Balaban J connectivity index is 2.18. The first kappa shape index (κ1) is 13.0. The van der Waals surface area contributed by atoms with E-state index in [4.69, 9.17) is 9.84 Å². The molecule has 1 rings (SSSR count). The number of hydrogen-bond acceptors (Lipinski definition) is 3. The number of aliphatic hydroxyl groups excluding tert-OH is 1. The number of benzene rings is 1. The molecule has 16 heavy (non-hydrogen) atoms. The van der Waals surface area contributed by atoms with Gasteiger partial charge in [0.25, 0.3) is 0 Å². The van der Waals surface area contributed by atoms with Gasteiger partial charge >= 0.3 is 0 Å². The summed E-state index contributed by atoms with van der Waals surface area (Å²) in [4.78, 5) is 2.28. The van der Waals surface area contributed by atoms with E-state index < -0.39 is 0 Å². The fraction of sp³-hybridized carbons (Fsp3) is 0.538. The van der Waals surface area contributed by atoms with E-state index in [9.17, 15) is 0 Å². The molecule has 1 aromatic rings. The smallest absolute Gasteiger partial charge is 0.119 e. The fourth-order valence-corrected chi connectivity index (χ4v) is 1.53. The molecule has 3 nitrogen and oxygen atoms in total. The SMILES string of the molecule is CCN(CCCO)CCOc1ccccc1. The Labute approximate surface area is 97.7 Å². The van der Waals surface area contributed by atoms with Gasteiger partial charge in [-0.25, -0.2) is 0 Å². The van der Waals surface area contributed by atoms with Crippen LogP contribution in [0.25, 0.3) is 0 Å². The van der Waals surface area contributed by atoms with E-state index in [1.54, 1.807) is 0 Å². The second-order valence-electron chi connectivity index (χ2n) is 3.67. The van der Waals surface area contributed by atoms with E-state index >= 15 is 0 Å². The third-order valence-electron chi connectivity index (χ3n) is 2.50. The van der Waals surface area contributed by atoms with Crippen LogP contribution in [0.5, 0.6) is 5.75 Å². The van der Waals surface area contributed by atoms with Crippen LogP contribution in [0.1, 0.15) is 13.3 Å².